The van der Waals surface area contributed by atoms with Gasteiger partial charge in [-0.1, -0.05) is 74.8 Å². The van der Waals surface area contributed by atoms with Crippen molar-refractivity contribution in [2.24, 2.45) is 0 Å². The summed E-state index contributed by atoms with van der Waals surface area (Å²) >= 11 is 0. The minimum absolute atomic E-state index is 1.15. The Hall–Kier alpha value is -1.13. The van der Waals surface area contributed by atoms with E-state index in [4.69, 9.17) is 0 Å². The number of hydrogen-bond donors (Lipinski definition) is 0. The SMILES string of the molecule is CC[P](C)(c1ccccc1)c1ccccc1. The van der Waals surface area contributed by atoms with Crippen LogP contribution in [-0.2, 0) is 0 Å². The van der Waals surface area contributed by atoms with Crippen LogP contribution >= 0.6 is 7.26 Å². The van der Waals surface area contributed by atoms with Gasteiger partial charge in [0, 0.05) is 0 Å². The normalized spacial score (nSPS) is 11.4. The van der Waals surface area contributed by atoms with Crippen molar-refractivity contribution in [2.75, 3.05) is 12.8 Å². The maximum Gasteiger partial charge on any atom is -0.0241 e. The van der Waals surface area contributed by atoms with Crippen molar-refractivity contribution in [3.8, 4) is 0 Å². The molecule has 0 amide bonds. The van der Waals surface area contributed by atoms with E-state index in [1.807, 2.05) is 0 Å². The molecule has 1 heteroatoms. The van der Waals surface area contributed by atoms with Crippen molar-refractivity contribution >= 4 is 17.9 Å². The summed E-state index contributed by atoms with van der Waals surface area (Å²) in [6.45, 7) is 4.73. The van der Waals surface area contributed by atoms with E-state index in [0.29, 0.717) is 0 Å². The second-order valence-corrected chi connectivity index (χ2v) is 8.23. The minimum Gasteiger partial charge on any atom is -0.0732 e. The molecule has 2 aromatic rings. The van der Waals surface area contributed by atoms with Crippen LogP contribution in [0.4, 0.5) is 0 Å². The average Bonchev–Trinajstić information content (AvgIpc) is 2.40. The third-order valence-electron chi connectivity index (χ3n) is 3.28. The predicted octanol–water partition coefficient (Wildman–Crippen LogP) is 3.30. The van der Waals surface area contributed by atoms with E-state index >= 15 is 0 Å². The molecule has 1 radical (unpaired) electrons. The van der Waals surface area contributed by atoms with Gasteiger partial charge in [0.15, 0.2) is 0 Å². The zero-order valence-electron chi connectivity index (χ0n) is 9.93. The first-order chi connectivity index (χ1) is 7.77. The molecule has 0 aliphatic carbocycles. The van der Waals surface area contributed by atoms with Crippen LogP contribution in [0.5, 0.6) is 0 Å². The van der Waals surface area contributed by atoms with Crippen molar-refractivity contribution < 1.29 is 0 Å². The van der Waals surface area contributed by atoms with Gasteiger partial charge in [0.2, 0.25) is 0 Å². The Morgan fingerprint density at radius 3 is 1.44 bits per heavy atom. The Kier molecular flexibility index (Phi) is 3.41. The summed E-state index contributed by atoms with van der Waals surface area (Å²) in [5, 5.41) is 3.01. The van der Waals surface area contributed by atoms with Gasteiger partial charge in [-0.05, 0) is 23.4 Å². The van der Waals surface area contributed by atoms with E-state index in [9.17, 15) is 0 Å². The molecule has 0 spiro atoms. The van der Waals surface area contributed by atoms with Gasteiger partial charge >= 0.3 is 0 Å². The fourth-order valence-corrected chi connectivity index (χ4v) is 4.72. The molecule has 0 N–H and O–H groups in total. The van der Waals surface area contributed by atoms with E-state index in [1.165, 1.54) is 16.8 Å². The lowest BCUT2D eigenvalue weighted by Crippen LogP contribution is -2.22. The lowest BCUT2D eigenvalue weighted by atomic mass is 10.4. The van der Waals surface area contributed by atoms with Crippen LogP contribution in [0.1, 0.15) is 6.92 Å². The van der Waals surface area contributed by atoms with Crippen LogP contribution in [-0.4, -0.2) is 12.8 Å². The van der Waals surface area contributed by atoms with Gasteiger partial charge < -0.3 is 0 Å². The van der Waals surface area contributed by atoms with Crippen LogP contribution in [0.15, 0.2) is 60.7 Å². The third-order valence-corrected chi connectivity index (χ3v) is 7.43. The summed E-state index contributed by atoms with van der Waals surface area (Å²) in [6.07, 6.45) is 1.22. The van der Waals surface area contributed by atoms with Crippen molar-refractivity contribution in [3.05, 3.63) is 60.7 Å². The van der Waals surface area contributed by atoms with E-state index < -0.39 is 7.26 Å². The molecule has 0 aliphatic heterocycles. The number of hydrogen-bond acceptors (Lipinski definition) is 0. The third kappa shape index (κ3) is 2.03. The van der Waals surface area contributed by atoms with E-state index in [0.717, 1.165) is 0 Å². The summed E-state index contributed by atoms with van der Waals surface area (Å²) in [7, 11) is -1.15. The quantitative estimate of drug-likeness (QED) is 0.708. The molecule has 16 heavy (non-hydrogen) atoms. The fraction of sp³-hybridized carbons (Fsp3) is 0.200. The fourth-order valence-electron chi connectivity index (χ4n) is 2.03. The first kappa shape index (κ1) is 11.4. The number of benzene rings is 2. The van der Waals surface area contributed by atoms with Crippen LogP contribution in [0.2, 0.25) is 0 Å². The summed E-state index contributed by atoms with van der Waals surface area (Å²) in [6, 6.07) is 21.8. The highest BCUT2D eigenvalue weighted by atomic mass is 31.2. The first-order valence-corrected chi connectivity index (χ1v) is 8.16. The van der Waals surface area contributed by atoms with Gasteiger partial charge in [0.05, 0.1) is 0 Å². The molecule has 0 saturated heterocycles. The van der Waals surface area contributed by atoms with Crippen molar-refractivity contribution in [3.63, 3.8) is 0 Å². The average molecular weight is 229 g/mol. The molecular weight excluding hydrogens is 211 g/mol. The van der Waals surface area contributed by atoms with Gasteiger partial charge in [0.25, 0.3) is 0 Å². The van der Waals surface area contributed by atoms with E-state index in [2.05, 4.69) is 74.3 Å². The van der Waals surface area contributed by atoms with Crippen LogP contribution in [0.3, 0.4) is 0 Å². The predicted molar refractivity (Wildman–Crippen MR) is 75.5 cm³/mol. The molecule has 0 fully saturated rings. The van der Waals surface area contributed by atoms with Gasteiger partial charge in [0.1, 0.15) is 0 Å². The van der Waals surface area contributed by atoms with Gasteiger partial charge in [-0.15, -0.1) is 0 Å². The molecule has 0 atom stereocenters. The molecule has 0 aliphatic rings. The molecule has 0 nitrogen and oxygen atoms in total. The minimum atomic E-state index is -1.15. The van der Waals surface area contributed by atoms with Crippen LogP contribution in [0, 0.1) is 0 Å². The maximum absolute atomic E-state index is 2.43. The highest BCUT2D eigenvalue weighted by Gasteiger charge is 2.23. The summed E-state index contributed by atoms with van der Waals surface area (Å²) in [5.41, 5.74) is 0. The standard InChI is InChI=1S/C15H18P/c1-3-16(2,14-10-6-4-7-11-14)15-12-8-5-9-13-15/h4-13H,3H2,1-2H3. The molecule has 2 rings (SSSR count). The van der Waals surface area contributed by atoms with Gasteiger partial charge in [-0.3, -0.25) is 0 Å². The molecular formula is C15H18P. The lowest BCUT2D eigenvalue weighted by Gasteiger charge is -2.32. The topological polar surface area (TPSA) is 0 Å². The molecule has 83 valence electrons. The molecule has 0 unspecified atom stereocenters. The van der Waals surface area contributed by atoms with Crippen molar-refractivity contribution in [1.29, 1.82) is 0 Å². The number of rotatable bonds is 3. The maximum atomic E-state index is 2.43. The van der Waals surface area contributed by atoms with E-state index in [-0.39, 0.29) is 0 Å². The highest BCUT2D eigenvalue weighted by molar-refractivity contribution is 7.88. The molecule has 0 heterocycles. The zero-order chi connectivity index (χ0) is 11.4. The summed E-state index contributed by atoms with van der Waals surface area (Å²) in [4.78, 5) is 0. The molecule has 2 aromatic carbocycles. The largest absolute Gasteiger partial charge is 0.0732 e. The molecule has 0 saturated carbocycles. The smallest absolute Gasteiger partial charge is 0.0241 e. The first-order valence-electron chi connectivity index (χ1n) is 5.74. The second kappa shape index (κ2) is 4.80. The van der Waals surface area contributed by atoms with Crippen molar-refractivity contribution in [2.45, 2.75) is 6.92 Å². The van der Waals surface area contributed by atoms with Crippen molar-refractivity contribution in [1.82, 2.24) is 0 Å². The second-order valence-electron chi connectivity index (χ2n) is 4.18. The Labute approximate surface area is 98.7 Å². The summed E-state index contributed by atoms with van der Waals surface area (Å²) < 4.78 is 0. The Balaban J connectivity index is 2.49. The monoisotopic (exact) mass is 229 g/mol. The molecule has 0 aromatic heterocycles. The van der Waals surface area contributed by atoms with Crippen LogP contribution in [0.25, 0.3) is 0 Å². The molecule has 0 bridgehead atoms. The van der Waals surface area contributed by atoms with E-state index in [1.54, 1.807) is 0 Å². The highest BCUT2D eigenvalue weighted by Crippen LogP contribution is 2.51. The Bertz CT molecular complexity index is 394. The van der Waals surface area contributed by atoms with Gasteiger partial charge in [-0.25, -0.2) is 0 Å². The van der Waals surface area contributed by atoms with Crippen LogP contribution < -0.4 is 10.6 Å². The summed E-state index contributed by atoms with van der Waals surface area (Å²) in [5.74, 6) is 0. The van der Waals surface area contributed by atoms with Gasteiger partial charge in [-0.2, -0.15) is 0 Å². The Morgan fingerprint density at radius 1 is 0.750 bits per heavy atom. The zero-order valence-corrected chi connectivity index (χ0v) is 10.8. The lowest BCUT2D eigenvalue weighted by molar-refractivity contribution is 1.48. The Morgan fingerprint density at radius 2 is 1.12 bits per heavy atom.